The lowest BCUT2D eigenvalue weighted by Crippen LogP contribution is -2.49. The highest BCUT2D eigenvalue weighted by molar-refractivity contribution is 6.06. The van der Waals surface area contributed by atoms with Gasteiger partial charge in [-0.25, -0.2) is 4.99 Å². The summed E-state index contributed by atoms with van der Waals surface area (Å²) in [5, 5.41) is 1.40. The molecule has 1 saturated heterocycles. The van der Waals surface area contributed by atoms with Crippen LogP contribution in [0.4, 0.5) is 0 Å². The van der Waals surface area contributed by atoms with Gasteiger partial charge in [-0.05, 0) is 24.1 Å². The van der Waals surface area contributed by atoms with Crippen LogP contribution >= 0.6 is 0 Å². The number of hydrogen-bond acceptors (Lipinski definition) is 3. The Morgan fingerprint density at radius 3 is 2.64 bits per heavy atom. The maximum absolute atomic E-state index is 12.6. The molecule has 0 aliphatic carbocycles. The van der Waals surface area contributed by atoms with E-state index in [9.17, 15) is 9.59 Å². The number of amides is 2. The van der Waals surface area contributed by atoms with Crippen LogP contribution in [0.2, 0.25) is 0 Å². The maximum atomic E-state index is 12.6. The summed E-state index contributed by atoms with van der Waals surface area (Å²) >= 11 is 0. The van der Waals surface area contributed by atoms with E-state index in [2.05, 4.69) is 23.7 Å². The zero-order chi connectivity index (χ0) is 15.7. The van der Waals surface area contributed by atoms with Gasteiger partial charge >= 0.3 is 0 Å². The number of rotatable bonds is 3. The van der Waals surface area contributed by atoms with Crippen molar-refractivity contribution >= 4 is 17.9 Å². The van der Waals surface area contributed by atoms with Gasteiger partial charge < -0.3 is 4.90 Å². The molecule has 0 atom stereocenters. The molecule has 1 aromatic rings. The summed E-state index contributed by atoms with van der Waals surface area (Å²) in [6.45, 7) is 8.88. The second kappa shape index (κ2) is 6.01. The molecule has 0 bridgehead atoms. The van der Waals surface area contributed by atoms with Crippen molar-refractivity contribution in [3.8, 4) is 0 Å². The third-order valence-electron chi connectivity index (χ3n) is 4.07. The molecule has 2 amide bonds. The van der Waals surface area contributed by atoms with Crippen LogP contribution < -0.4 is 10.6 Å². The van der Waals surface area contributed by atoms with Gasteiger partial charge in [-0.15, -0.1) is 0 Å². The first-order valence-electron chi connectivity index (χ1n) is 7.79. The summed E-state index contributed by atoms with van der Waals surface area (Å²) in [5.41, 5.74) is 0.636. The predicted octanol–water partition coefficient (Wildman–Crippen LogP) is 0.0407. The van der Waals surface area contributed by atoms with Gasteiger partial charge in [0.25, 0.3) is 11.8 Å². The van der Waals surface area contributed by atoms with Gasteiger partial charge in [-0.1, -0.05) is 13.8 Å². The van der Waals surface area contributed by atoms with Crippen molar-refractivity contribution in [1.82, 2.24) is 9.80 Å². The number of piperazine rings is 1. The van der Waals surface area contributed by atoms with Crippen molar-refractivity contribution in [2.24, 2.45) is 10.9 Å². The van der Waals surface area contributed by atoms with Crippen LogP contribution in [-0.4, -0.2) is 54.3 Å². The minimum atomic E-state index is -0.248. The summed E-state index contributed by atoms with van der Waals surface area (Å²) in [5.74, 6) is 0.442. The van der Waals surface area contributed by atoms with Gasteiger partial charge in [0.2, 0.25) is 0 Å². The van der Waals surface area contributed by atoms with Crippen LogP contribution in [0.15, 0.2) is 23.2 Å². The van der Waals surface area contributed by atoms with Gasteiger partial charge in [0.1, 0.15) is 0 Å². The third kappa shape index (κ3) is 3.09. The molecule has 0 radical (unpaired) electrons. The quantitative estimate of drug-likeness (QED) is 0.792. The monoisotopic (exact) mass is 299 g/mol. The van der Waals surface area contributed by atoms with Crippen molar-refractivity contribution in [1.29, 1.82) is 0 Å². The van der Waals surface area contributed by atoms with Crippen LogP contribution in [0.25, 0.3) is 6.08 Å². The Labute approximate surface area is 129 Å². The molecule has 0 aromatic heterocycles. The van der Waals surface area contributed by atoms with Gasteiger partial charge in [0, 0.05) is 49.6 Å². The third-order valence-corrected chi connectivity index (χ3v) is 4.07. The number of nitrogens with zero attached hydrogens (tertiary/aromatic N) is 3. The first-order chi connectivity index (χ1) is 10.5. The van der Waals surface area contributed by atoms with E-state index in [0.717, 1.165) is 37.9 Å². The molecule has 22 heavy (non-hydrogen) atoms. The van der Waals surface area contributed by atoms with Crippen molar-refractivity contribution in [2.45, 2.75) is 13.8 Å². The van der Waals surface area contributed by atoms with Crippen LogP contribution in [0.3, 0.4) is 0 Å². The molecular formula is C17H21N3O2. The minimum Gasteiger partial charge on any atom is -0.336 e. The molecule has 1 fully saturated rings. The van der Waals surface area contributed by atoms with E-state index < -0.39 is 0 Å². The van der Waals surface area contributed by atoms with Crippen molar-refractivity contribution < 1.29 is 9.59 Å². The fourth-order valence-electron chi connectivity index (χ4n) is 3.02. The molecule has 2 heterocycles. The standard InChI is InChI=1S/C17H21N3O2/c1-12(2)11-19-5-7-20(8-6-19)17(22)13-3-4-15-14(9-13)10-16(21)18-15/h3-4,9-10,12H,5-8,11H2,1-2H3. The Bertz CT molecular complexity index is 716. The van der Waals surface area contributed by atoms with Crippen molar-refractivity contribution in [3.63, 3.8) is 0 Å². The van der Waals surface area contributed by atoms with E-state index in [4.69, 9.17) is 0 Å². The SMILES string of the molecule is CC(C)CN1CCN(C(=O)c2ccc3c(c2)=CC(=O)N=3)CC1. The Morgan fingerprint density at radius 1 is 1.23 bits per heavy atom. The minimum absolute atomic E-state index is 0.0414. The molecule has 5 nitrogen and oxygen atoms in total. The summed E-state index contributed by atoms with van der Waals surface area (Å²) in [6, 6.07) is 5.28. The molecular weight excluding hydrogens is 278 g/mol. The largest absolute Gasteiger partial charge is 0.336 e. The number of hydrogen-bond donors (Lipinski definition) is 0. The second-order valence-electron chi connectivity index (χ2n) is 6.35. The molecule has 0 spiro atoms. The van der Waals surface area contributed by atoms with Gasteiger partial charge in [-0.3, -0.25) is 14.5 Å². The van der Waals surface area contributed by atoms with Crippen molar-refractivity contribution in [3.05, 3.63) is 34.3 Å². The topological polar surface area (TPSA) is 53.0 Å². The Balaban J connectivity index is 1.69. The molecule has 1 aromatic carbocycles. The average molecular weight is 299 g/mol. The summed E-state index contributed by atoms with van der Waals surface area (Å²) in [6.07, 6.45) is 1.48. The zero-order valence-corrected chi connectivity index (χ0v) is 13.1. The van der Waals surface area contributed by atoms with Gasteiger partial charge in [0.05, 0.1) is 5.36 Å². The maximum Gasteiger partial charge on any atom is 0.270 e. The number of carbonyl (C=O) groups excluding carboxylic acids is 2. The molecule has 2 aliphatic rings. The van der Waals surface area contributed by atoms with E-state index in [1.165, 1.54) is 6.08 Å². The number of carbonyl (C=O) groups is 2. The Hall–Kier alpha value is -2.01. The Morgan fingerprint density at radius 2 is 1.95 bits per heavy atom. The summed E-state index contributed by atoms with van der Waals surface area (Å²) < 4.78 is 0. The lowest BCUT2D eigenvalue weighted by molar-refractivity contribution is -0.112. The van der Waals surface area contributed by atoms with Crippen LogP contribution in [0.5, 0.6) is 0 Å². The summed E-state index contributed by atoms with van der Waals surface area (Å²) in [4.78, 5) is 32.0. The molecule has 3 rings (SSSR count). The van der Waals surface area contributed by atoms with E-state index in [0.29, 0.717) is 16.8 Å². The van der Waals surface area contributed by atoms with E-state index in [-0.39, 0.29) is 11.8 Å². The normalized spacial score (nSPS) is 18.1. The molecule has 2 aliphatic heterocycles. The average Bonchev–Trinajstić information content (AvgIpc) is 2.85. The first-order valence-corrected chi connectivity index (χ1v) is 7.79. The predicted molar refractivity (Wildman–Crippen MR) is 83.9 cm³/mol. The van der Waals surface area contributed by atoms with Crippen molar-refractivity contribution in [2.75, 3.05) is 32.7 Å². The lowest BCUT2D eigenvalue weighted by atomic mass is 10.1. The fraction of sp³-hybridized carbons (Fsp3) is 0.471. The van der Waals surface area contributed by atoms with Gasteiger partial charge in [0.15, 0.2) is 0 Å². The Kier molecular flexibility index (Phi) is 4.07. The summed E-state index contributed by atoms with van der Waals surface area (Å²) in [7, 11) is 0. The number of fused-ring (bicyclic) bond motifs is 1. The molecule has 0 N–H and O–H groups in total. The highest BCUT2D eigenvalue weighted by Gasteiger charge is 2.22. The van der Waals surface area contributed by atoms with E-state index in [1.807, 2.05) is 4.90 Å². The second-order valence-corrected chi connectivity index (χ2v) is 6.35. The first kappa shape index (κ1) is 14.9. The number of benzene rings is 1. The van der Waals surface area contributed by atoms with Crippen LogP contribution in [-0.2, 0) is 4.79 Å². The van der Waals surface area contributed by atoms with Crippen LogP contribution in [0, 0.1) is 5.92 Å². The van der Waals surface area contributed by atoms with Gasteiger partial charge in [-0.2, -0.15) is 0 Å². The molecule has 0 unspecified atom stereocenters. The van der Waals surface area contributed by atoms with E-state index >= 15 is 0 Å². The van der Waals surface area contributed by atoms with Crippen LogP contribution in [0.1, 0.15) is 24.2 Å². The lowest BCUT2D eigenvalue weighted by Gasteiger charge is -2.35. The molecule has 5 heteroatoms. The highest BCUT2D eigenvalue weighted by atomic mass is 16.2. The van der Waals surface area contributed by atoms with E-state index in [1.54, 1.807) is 18.2 Å². The highest BCUT2D eigenvalue weighted by Crippen LogP contribution is 2.09. The molecule has 0 saturated carbocycles. The molecule has 116 valence electrons. The smallest absolute Gasteiger partial charge is 0.270 e. The zero-order valence-electron chi connectivity index (χ0n) is 13.1. The fourth-order valence-corrected chi connectivity index (χ4v) is 3.02.